The Morgan fingerprint density at radius 1 is 1.00 bits per heavy atom. The number of hydrogen-bond acceptors (Lipinski definition) is 5. The number of carbonyl (C=O) groups is 3. The van der Waals surface area contributed by atoms with Crippen molar-refractivity contribution in [3.05, 3.63) is 112 Å². The van der Waals surface area contributed by atoms with Crippen LogP contribution in [-0.2, 0) is 16.0 Å². The first-order valence-corrected chi connectivity index (χ1v) is 11.3. The fraction of sp³-hybridized carbons (Fsp3) is 0.103. The van der Waals surface area contributed by atoms with Crippen LogP contribution in [0.15, 0.2) is 84.6 Å². The number of ether oxygens (including phenoxy) is 1. The Morgan fingerprint density at radius 3 is 2.42 bits per heavy atom. The number of aromatic nitrogens is 1. The van der Waals surface area contributed by atoms with Gasteiger partial charge in [-0.15, -0.1) is 0 Å². The first-order chi connectivity index (χ1) is 17.5. The largest absolute Gasteiger partial charge is 0.467 e. The summed E-state index contributed by atoms with van der Waals surface area (Å²) in [6.45, 7) is 0. The summed E-state index contributed by atoms with van der Waals surface area (Å²) in [5.74, 6) is -1.28. The van der Waals surface area contributed by atoms with Gasteiger partial charge >= 0.3 is 5.97 Å². The molecule has 1 heterocycles. The van der Waals surface area contributed by atoms with Gasteiger partial charge in [-0.25, -0.2) is 4.79 Å². The molecule has 0 spiro atoms. The number of allylic oxidation sites excluding steroid dienone is 1. The third-order valence-corrected chi connectivity index (χ3v) is 6.36. The van der Waals surface area contributed by atoms with Gasteiger partial charge in [0.25, 0.3) is 5.91 Å². The van der Waals surface area contributed by atoms with Gasteiger partial charge in [-0.3, -0.25) is 9.59 Å². The van der Waals surface area contributed by atoms with Crippen molar-refractivity contribution in [2.45, 2.75) is 12.5 Å². The van der Waals surface area contributed by atoms with Crippen molar-refractivity contribution in [3.63, 3.8) is 0 Å². The lowest BCUT2D eigenvalue weighted by atomic mass is 9.96. The Kier molecular flexibility index (Phi) is 5.93. The molecule has 0 fully saturated rings. The molecule has 1 amide bonds. The van der Waals surface area contributed by atoms with E-state index in [4.69, 9.17) is 4.74 Å². The predicted molar refractivity (Wildman–Crippen MR) is 134 cm³/mol. The highest BCUT2D eigenvalue weighted by molar-refractivity contribution is 6.25. The summed E-state index contributed by atoms with van der Waals surface area (Å²) in [6.07, 6.45) is 2.08. The standard InChI is InChI=1S/C29H21N3O4/c1-36-29(35)25(14-19-16-31-24-9-5-4-6-20(19)24)32-28(34)18-12-10-17(11-13-18)26-21-7-2-3-8-22(21)27(33)23(26)15-30/h2-13,16,25,31H,14H2,1H3,(H,32,34). The molecule has 0 radical (unpaired) electrons. The maximum Gasteiger partial charge on any atom is 0.328 e. The number of ketones is 1. The van der Waals surface area contributed by atoms with Crippen LogP contribution in [0.5, 0.6) is 0 Å². The van der Waals surface area contributed by atoms with Gasteiger partial charge in [-0.2, -0.15) is 5.26 Å². The van der Waals surface area contributed by atoms with Crippen molar-refractivity contribution in [2.75, 3.05) is 7.11 Å². The number of fused-ring (bicyclic) bond motifs is 2. The van der Waals surface area contributed by atoms with Crippen molar-refractivity contribution in [2.24, 2.45) is 0 Å². The summed E-state index contributed by atoms with van der Waals surface area (Å²) in [5.41, 5.74) is 4.64. The molecule has 0 saturated carbocycles. The van der Waals surface area contributed by atoms with Crippen LogP contribution in [0.3, 0.4) is 0 Å². The van der Waals surface area contributed by atoms with Gasteiger partial charge in [0.1, 0.15) is 17.7 Å². The zero-order chi connectivity index (χ0) is 25.2. The summed E-state index contributed by atoms with van der Waals surface area (Å²) in [4.78, 5) is 41.3. The first kappa shape index (κ1) is 22.8. The van der Waals surface area contributed by atoms with E-state index in [1.807, 2.05) is 42.6 Å². The molecular weight excluding hydrogens is 454 g/mol. The molecule has 3 aromatic carbocycles. The number of carbonyl (C=O) groups excluding carboxylic acids is 3. The Labute approximate surface area is 207 Å². The molecule has 1 aromatic heterocycles. The van der Waals surface area contributed by atoms with Crippen LogP contribution >= 0.6 is 0 Å². The zero-order valence-electron chi connectivity index (χ0n) is 19.4. The molecular formula is C29H21N3O4. The van der Waals surface area contributed by atoms with Gasteiger partial charge in [0.15, 0.2) is 0 Å². The lowest BCUT2D eigenvalue weighted by Gasteiger charge is -2.16. The van der Waals surface area contributed by atoms with Crippen molar-refractivity contribution >= 4 is 34.1 Å². The molecule has 0 saturated heterocycles. The van der Waals surface area contributed by atoms with Crippen LogP contribution in [0.1, 0.15) is 37.4 Å². The highest BCUT2D eigenvalue weighted by Gasteiger charge is 2.30. The number of benzene rings is 3. The minimum Gasteiger partial charge on any atom is -0.467 e. The minimum atomic E-state index is -0.881. The van der Waals surface area contributed by atoms with E-state index in [2.05, 4.69) is 10.3 Å². The maximum atomic E-state index is 13.0. The van der Waals surface area contributed by atoms with Gasteiger partial charge < -0.3 is 15.0 Å². The van der Waals surface area contributed by atoms with Gasteiger partial charge in [0.2, 0.25) is 5.78 Å². The number of para-hydroxylation sites is 1. The molecule has 36 heavy (non-hydrogen) atoms. The Bertz CT molecular complexity index is 1590. The Morgan fingerprint density at radius 2 is 1.69 bits per heavy atom. The number of Topliss-reactive ketones (excluding diaryl/α,β-unsaturated/α-hetero) is 1. The molecule has 176 valence electrons. The molecule has 1 aliphatic carbocycles. The summed E-state index contributed by atoms with van der Waals surface area (Å²) in [5, 5.41) is 13.3. The molecule has 4 aromatic rings. The average Bonchev–Trinajstić information content (AvgIpc) is 3.46. The van der Waals surface area contributed by atoms with Crippen LogP contribution in [0.4, 0.5) is 0 Å². The average molecular weight is 476 g/mol. The second kappa shape index (κ2) is 9.35. The third-order valence-electron chi connectivity index (χ3n) is 6.36. The topological polar surface area (TPSA) is 112 Å². The van der Waals surface area contributed by atoms with Crippen molar-refractivity contribution in [1.29, 1.82) is 5.26 Å². The highest BCUT2D eigenvalue weighted by atomic mass is 16.5. The molecule has 0 bridgehead atoms. The molecule has 2 N–H and O–H groups in total. The summed E-state index contributed by atoms with van der Waals surface area (Å²) in [7, 11) is 1.28. The Hall–Kier alpha value is -4.96. The van der Waals surface area contributed by atoms with E-state index < -0.39 is 17.9 Å². The van der Waals surface area contributed by atoms with E-state index in [0.717, 1.165) is 16.5 Å². The summed E-state index contributed by atoms with van der Waals surface area (Å²) < 4.78 is 4.93. The van der Waals surface area contributed by atoms with Gasteiger partial charge in [0.05, 0.1) is 7.11 Å². The van der Waals surface area contributed by atoms with E-state index in [-0.39, 0.29) is 17.8 Å². The quantitative estimate of drug-likeness (QED) is 0.406. The number of hydrogen-bond donors (Lipinski definition) is 2. The number of rotatable bonds is 6. The number of H-pyrrole nitrogens is 1. The minimum absolute atomic E-state index is 0.0814. The van der Waals surface area contributed by atoms with Crippen molar-refractivity contribution < 1.29 is 19.1 Å². The van der Waals surface area contributed by atoms with Crippen molar-refractivity contribution in [3.8, 4) is 6.07 Å². The van der Waals surface area contributed by atoms with E-state index in [1.54, 1.807) is 42.5 Å². The van der Waals surface area contributed by atoms with Crippen LogP contribution < -0.4 is 5.32 Å². The van der Waals surface area contributed by atoms with Gasteiger partial charge in [0, 0.05) is 40.2 Å². The predicted octanol–water partition coefficient (Wildman–Crippen LogP) is 4.20. The van der Waals surface area contributed by atoms with E-state index >= 15 is 0 Å². The van der Waals surface area contributed by atoms with E-state index in [1.165, 1.54) is 7.11 Å². The summed E-state index contributed by atoms with van der Waals surface area (Å²) in [6, 6.07) is 22.6. The molecule has 0 aliphatic heterocycles. The molecule has 1 aliphatic rings. The summed E-state index contributed by atoms with van der Waals surface area (Å²) >= 11 is 0. The molecule has 7 nitrogen and oxygen atoms in total. The molecule has 7 heteroatoms. The van der Waals surface area contributed by atoms with Crippen molar-refractivity contribution in [1.82, 2.24) is 10.3 Å². The lowest BCUT2D eigenvalue weighted by molar-refractivity contribution is -0.142. The highest BCUT2D eigenvalue weighted by Crippen LogP contribution is 2.37. The Balaban J connectivity index is 1.39. The number of amides is 1. The number of nitrogens with one attached hydrogen (secondary N) is 2. The normalized spacial score (nSPS) is 13.3. The smallest absolute Gasteiger partial charge is 0.328 e. The van der Waals surface area contributed by atoms with Crippen LogP contribution in [0.25, 0.3) is 16.5 Å². The van der Waals surface area contributed by atoms with E-state index in [0.29, 0.717) is 27.8 Å². The van der Waals surface area contributed by atoms with Crippen LogP contribution in [-0.4, -0.2) is 35.8 Å². The number of esters is 1. The lowest BCUT2D eigenvalue weighted by Crippen LogP contribution is -2.43. The van der Waals surface area contributed by atoms with Gasteiger partial charge in [-0.05, 0) is 34.9 Å². The third kappa shape index (κ3) is 3.95. The number of nitrogens with zero attached hydrogens (tertiary/aromatic N) is 1. The number of methoxy groups -OCH3 is 1. The van der Waals surface area contributed by atoms with Gasteiger partial charge in [-0.1, -0.05) is 54.6 Å². The molecule has 5 rings (SSSR count). The maximum absolute atomic E-state index is 13.0. The fourth-order valence-corrected chi connectivity index (χ4v) is 4.57. The molecule has 1 atom stereocenters. The second-order valence-corrected chi connectivity index (χ2v) is 8.43. The number of aromatic amines is 1. The first-order valence-electron chi connectivity index (χ1n) is 11.3. The zero-order valence-corrected chi connectivity index (χ0v) is 19.4. The van der Waals surface area contributed by atoms with Crippen LogP contribution in [0.2, 0.25) is 0 Å². The second-order valence-electron chi connectivity index (χ2n) is 8.43. The molecule has 1 unspecified atom stereocenters. The van der Waals surface area contributed by atoms with Crippen LogP contribution in [0, 0.1) is 11.3 Å². The van der Waals surface area contributed by atoms with E-state index in [9.17, 15) is 19.6 Å². The monoisotopic (exact) mass is 475 g/mol. The SMILES string of the molecule is COC(=O)C(Cc1c[nH]c2ccccc12)NC(=O)c1ccc(C2=C(C#N)C(=O)c3ccccc32)cc1. The number of nitriles is 1. The fourth-order valence-electron chi connectivity index (χ4n) is 4.57.